The van der Waals surface area contributed by atoms with Crippen molar-refractivity contribution in [2.45, 2.75) is 20.0 Å². The van der Waals surface area contributed by atoms with Gasteiger partial charge in [0.1, 0.15) is 0 Å². The largest absolute Gasteiger partial charge is 0.478 e. The van der Waals surface area contributed by atoms with Crippen LogP contribution in [0.4, 0.5) is 0 Å². The Labute approximate surface area is 171 Å². The molecule has 0 bridgehead atoms. The fourth-order valence-electron chi connectivity index (χ4n) is 3.18. The fourth-order valence-corrected chi connectivity index (χ4v) is 3.37. The zero-order chi connectivity index (χ0) is 19.9. The van der Waals surface area contributed by atoms with Gasteiger partial charge in [-0.3, -0.25) is 9.69 Å². The fraction of sp³-hybridized carbons (Fsp3) is 0.429. The van der Waals surface area contributed by atoms with Gasteiger partial charge in [-0.2, -0.15) is 0 Å². The van der Waals surface area contributed by atoms with E-state index in [-0.39, 0.29) is 11.6 Å². The van der Waals surface area contributed by atoms with Gasteiger partial charge in [0, 0.05) is 45.3 Å². The highest BCUT2D eigenvalue weighted by Crippen LogP contribution is 2.18. The second kappa shape index (κ2) is 9.87. The summed E-state index contributed by atoms with van der Waals surface area (Å²) < 4.78 is 5.35. The lowest BCUT2D eigenvalue weighted by Gasteiger charge is -2.32. The number of nitrogens with one attached hydrogen (secondary N) is 1. The molecule has 1 aliphatic rings. The molecule has 2 heterocycles. The molecule has 150 valence electrons. The van der Waals surface area contributed by atoms with Crippen molar-refractivity contribution in [3.05, 3.63) is 58.2 Å². The molecule has 3 rings (SSSR count). The third-order valence-corrected chi connectivity index (χ3v) is 5.08. The van der Waals surface area contributed by atoms with E-state index in [0.717, 1.165) is 38.3 Å². The Hall–Kier alpha value is -2.15. The standard InChI is InChI=1S/C21H27ClN4O2/c1-3-28-19-8-7-18(22)20(24-19)21(27)23-14-16-5-4-6-17(13-16)15-26-11-9-25(2)10-12-26/h4-8,13H,3,9-12,14-15H2,1-2H3,(H,23,27). The summed E-state index contributed by atoms with van der Waals surface area (Å²) in [4.78, 5) is 21.5. The van der Waals surface area contributed by atoms with Gasteiger partial charge in [-0.05, 0) is 31.2 Å². The van der Waals surface area contributed by atoms with Crippen molar-refractivity contribution in [2.24, 2.45) is 0 Å². The summed E-state index contributed by atoms with van der Waals surface area (Å²) in [7, 11) is 2.16. The highest BCUT2D eigenvalue weighted by molar-refractivity contribution is 6.33. The molecule has 28 heavy (non-hydrogen) atoms. The maximum absolute atomic E-state index is 12.5. The predicted molar refractivity (Wildman–Crippen MR) is 111 cm³/mol. The van der Waals surface area contributed by atoms with Gasteiger partial charge in [0.05, 0.1) is 11.6 Å². The Morgan fingerprint density at radius 2 is 1.93 bits per heavy atom. The lowest BCUT2D eigenvalue weighted by Crippen LogP contribution is -2.43. The number of benzene rings is 1. The summed E-state index contributed by atoms with van der Waals surface area (Å²) in [6, 6.07) is 11.6. The molecule has 0 atom stereocenters. The zero-order valence-electron chi connectivity index (χ0n) is 16.4. The summed E-state index contributed by atoms with van der Waals surface area (Å²) in [6.45, 7) is 8.07. The summed E-state index contributed by atoms with van der Waals surface area (Å²) in [5.41, 5.74) is 2.49. The van der Waals surface area contributed by atoms with Crippen molar-refractivity contribution in [2.75, 3.05) is 39.8 Å². The van der Waals surface area contributed by atoms with Crippen LogP contribution in [0.25, 0.3) is 0 Å². The first-order chi connectivity index (χ1) is 13.5. The van der Waals surface area contributed by atoms with Crippen molar-refractivity contribution in [3.8, 4) is 5.88 Å². The van der Waals surface area contributed by atoms with Crippen LogP contribution in [0.2, 0.25) is 5.02 Å². The van der Waals surface area contributed by atoms with Crippen molar-refractivity contribution in [3.63, 3.8) is 0 Å². The number of ether oxygens (including phenoxy) is 1. The maximum atomic E-state index is 12.5. The van der Waals surface area contributed by atoms with Crippen molar-refractivity contribution < 1.29 is 9.53 Å². The minimum atomic E-state index is -0.309. The Morgan fingerprint density at radius 1 is 1.18 bits per heavy atom. The van der Waals surface area contributed by atoms with E-state index in [1.54, 1.807) is 12.1 Å². The van der Waals surface area contributed by atoms with Crippen molar-refractivity contribution in [1.29, 1.82) is 0 Å². The summed E-state index contributed by atoms with van der Waals surface area (Å²) in [5.74, 6) is 0.0854. The van der Waals surface area contributed by atoms with E-state index in [1.165, 1.54) is 5.56 Å². The van der Waals surface area contributed by atoms with E-state index in [2.05, 4.69) is 39.3 Å². The summed E-state index contributed by atoms with van der Waals surface area (Å²) in [6.07, 6.45) is 0. The molecule has 6 nitrogen and oxygen atoms in total. The van der Waals surface area contributed by atoms with Gasteiger partial charge in [-0.25, -0.2) is 4.98 Å². The number of pyridine rings is 1. The molecule has 1 aliphatic heterocycles. The number of amides is 1. The second-order valence-electron chi connectivity index (χ2n) is 6.99. The Morgan fingerprint density at radius 3 is 2.68 bits per heavy atom. The number of hydrogen-bond acceptors (Lipinski definition) is 5. The Bertz CT molecular complexity index is 807. The average Bonchev–Trinajstić information content (AvgIpc) is 2.70. The quantitative estimate of drug-likeness (QED) is 0.771. The van der Waals surface area contributed by atoms with Crippen LogP contribution >= 0.6 is 11.6 Å². The summed E-state index contributed by atoms with van der Waals surface area (Å²) >= 11 is 6.13. The normalized spacial score (nSPS) is 15.4. The number of hydrogen-bond donors (Lipinski definition) is 1. The molecule has 1 aromatic heterocycles. The van der Waals surface area contributed by atoms with E-state index >= 15 is 0 Å². The molecule has 0 radical (unpaired) electrons. The SMILES string of the molecule is CCOc1ccc(Cl)c(C(=O)NCc2cccc(CN3CCN(C)CC3)c2)n1. The monoisotopic (exact) mass is 402 g/mol. The van der Waals surface area contributed by atoms with Crippen LogP contribution in [-0.2, 0) is 13.1 Å². The van der Waals surface area contributed by atoms with Crippen LogP contribution in [0.1, 0.15) is 28.5 Å². The minimum Gasteiger partial charge on any atom is -0.478 e. The van der Waals surface area contributed by atoms with Crippen LogP contribution in [-0.4, -0.2) is 60.5 Å². The topological polar surface area (TPSA) is 57.7 Å². The molecule has 0 spiro atoms. The van der Waals surface area contributed by atoms with E-state index in [9.17, 15) is 4.79 Å². The summed E-state index contributed by atoms with van der Waals surface area (Å²) in [5, 5.41) is 3.21. The van der Waals surface area contributed by atoms with E-state index in [0.29, 0.717) is 24.1 Å². The van der Waals surface area contributed by atoms with Crippen LogP contribution in [0, 0.1) is 0 Å². The first kappa shape index (κ1) is 20.6. The smallest absolute Gasteiger partial charge is 0.271 e. The van der Waals surface area contributed by atoms with Gasteiger partial charge in [-0.1, -0.05) is 35.9 Å². The predicted octanol–water partition coefficient (Wildman–Crippen LogP) is 2.81. The first-order valence-electron chi connectivity index (χ1n) is 9.61. The maximum Gasteiger partial charge on any atom is 0.271 e. The lowest BCUT2D eigenvalue weighted by molar-refractivity contribution is 0.0945. The lowest BCUT2D eigenvalue weighted by atomic mass is 10.1. The van der Waals surface area contributed by atoms with Crippen LogP contribution < -0.4 is 10.1 Å². The third-order valence-electron chi connectivity index (χ3n) is 4.77. The second-order valence-corrected chi connectivity index (χ2v) is 7.40. The minimum absolute atomic E-state index is 0.182. The van der Waals surface area contributed by atoms with Crippen LogP contribution in [0.3, 0.4) is 0 Å². The number of aromatic nitrogens is 1. The number of likely N-dealkylation sites (N-methyl/N-ethyl adjacent to an activating group) is 1. The molecular weight excluding hydrogens is 376 g/mol. The molecule has 1 N–H and O–H groups in total. The van der Waals surface area contributed by atoms with E-state index in [1.807, 2.05) is 19.1 Å². The number of nitrogens with zero attached hydrogens (tertiary/aromatic N) is 3. The molecule has 1 fully saturated rings. The van der Waals surface area contributed by atoms with E-state index < -0.39 is 0 Å². The Balaban J connectivity index is 1.58. The van der Waals surface area contributed by atoms with Gasteiger partial charge in [0.2, 0.25) is 5.88 Å². The molecular formula is C21H27ClN4O2. The first-order valence-corrected chi connectivity index (χ1v) is 9.99. The van der Waals surface area contributed by atoms with Gasteiger partial charge < -0.3 is 15.0 Å². The Kier molecular flexibility index (Phi) is 7.25. The highest BCUT2D eigenvalue weighted by Gasteiger charge is 2.15. The van der Waals surface area contributed by atoms with Gasteiger partial charge in [0.15, 0.2) is 5.69 Å². The van der Waals surface area contributed by atoms with Crippen LogP contribution in [0.5, 0.6) is 5.88 Å². The molecule has 7 heteroatoms. The number of carbonyl (C=O) groups is 1. The number of piperazine rings is 1. The average molecular weight is 403 g/mol. The van der Waals surface area contributed by atoms with Gasteiger partial charge >= 0.3 is 0 Å². The molecule has 2 aromatic rings. The number of halogens is 1. The van der Waals surface area contributed by atoms with Gasteiger partial charge in [0.25, 0.3) is 5.91 Å². The molecule has 1 aromatic carbocycles. The third kappa shape index (κ3) is 5.67. The van der Waals surface area contributed by atoms with Crippen molar-refractivity contribution >= 4 is 17.5 Å². The van der Waals surface area contributed by atoms with Crippen molar-refractivity contribution in [1.82, 2.24) is 20.1 Å². The molecule has 1 amide bonds. The van der Waals surface area contributed by atoms with Crippen LogP contribution in [0.15, 0.2) is 36.4 Å². The van der Waals surface area contributed by atoms with E-state index in [4.69, 9.17) is 16.3 Å². The molecule has 1 saturated heterocycles. The molecule has 0 unspecified atom stereocenters. The molecule has 0 saturated carbocycles. The molecule has 0 aliphatic carbocycles. The van der Waals surface area contributed by atoms with Gasteiger partial charge in [-0.15, -0.1) is 0 Å². The number of carbonyl (C=O) groups excluding carboxylic acids is 1. The highest BCUT2D eigenvalue weighted by atomic mass is 35.5. The number of rotatable bonds is 7. The zero-order valence-corrected chi connectivity index (χ0v) is 17.2.